The fraction of sp³-hybridized carbons (Fsp3) is 0. The van der Waals surface area contributed by atoms with Crippen molar-refractivity contribution < 1.29 is 12.8 Å². The first kappa shape index (κ1) is 14.3. The number of nitrogens with one attached hydrogen (secondary N) is 1. The summed E-state index contributed by atoms with van der Waals surface area (Å²) in [5.74, 6) is -0.526. The number of halogens is 3. The molecule has 0 atom stereocenters. The van der Waals surface area contributed by atoms with Crippen LogP contribution in [0.3, 0.4) is 0 Å². The van der Waals surface area contributed by atoms with Gasteiger partial charge in [0.1, 0.15) is 10.7 Å². The highest BCUT2D eigenvalue weighted by Crippen LogP contribution is 2.27. The zero-order chi connectivity index (χ0) is 14.0. The lowest BCUT2D eigenvalue weighted by molar-refractivity contribution is 0.601. The van der Waals surface area contributed by atoms with Gasteiger partial charge in [0.15, 0.2) is 0 Å². The summed E-state index contributed by atoms with van der Waals surface area (Å²) in [4.78, 5) is -0.0679. The van der Waals surface area contributed by atoms with Gasteiger partial charge < -0.3 is 0 Å². The minimum absolute atomic E-state index is 0.0679. The molecule has 100 valence electrons. The molecule has 0 bridgehead atoms. The normalized spacial score (nSPS) is 11.3. The van der Waals surface area contributed by atoms with Crippen molar-refractivity contribution in [1.29, 1.82) is 0 Å². The molecule has 0 saturated heterocycles. The lowest BCUT2D eigenvalue weighted by atomic mass is 10.3. The van der Waals surface area contributed by atoms with E-state index in [2.05, 4.69) is 20.7 Å². The van der Waals surface area contributed by atoms with Crippen molar-refractivity contribution in [2.24, 2.45) is 0 Å². The summed E-state index contributed by atoms with van der Waals surface area (Å²) in [7, 11) is -3.85. The second kappa shape index (κ2) is 5.48. The van der Waals surface area contributed by atoms with Gasteiger partial charge in [-0.2, -0.15) is 0 Å². The zero-order valence-corrected chi connectivity index (χ0v) is 12.6. The summed E-state index contributed by atoms with van der Waals surface area (Å²) in [6, 6.07) is 9.58. The van der Waals surface area contributed by atoms with Gasteiger partial charge in [-0.3, -0.25) is 4.72 Å². The fourth-order valence-corrected chi connectivity index (χ4v) is 3.54. The largest absolute Gasteiger partial charge is 0.279 e. The van der Waals surface area contributed by atoms with Crippen molar-refractivity contribution in [2.75, 3.05) is 4.72 Å². The monoisotopic (exact) mass is 363 g/mol. The van der Waals surface area contributed by atoms with E-state index >= 15 is 0 Å². The van der Waals surface area contributed by atoms with Crippen molar-refractivity contribution in [3.8, 4) is 0 Å². The topological polar surface area (TPSA) is 46.2 Å². The summed E-state index contributed by atoms with van der Waals surface area (Å²) >= 11 is 9.08. The fourth-order valence-electron chi connectivity index (χ4n) is 1.46. The molecule has 1 N–H and O–H groups in total. The Morgan fingerprint density at radius 2 is 1.89 bits per heavy atom. The van der Waals surface area contributed by atoms with Gasteiger partial charge in [0, 0.05) is 4.47 Å². The highest BCUT2D eigenvalue weighted by molar-refractivity contribution is 9.10. The number of rotatable bonds is 3. The average Bonchev–Trinajstić information content (AvgIpc) is 2.27. The number of benzene rings is 2. The Balaban J connectivity index is 2.38. The van der Waals surface area contributed by atoms with Crippen LogP contribution in [0.15, 0.2) is 51.8 Å². The Morgan fingerprint density at radius 3 is 2.53 bits per heavy atom. The molecule has 0 aliphatic rings. The van der Waals surface area contributed by atoms with Crippen LogP contribution in [-0.4, -0.2) is 8.42 Å². The van der Waals surface area contributed by atoms with Crippen LogP contribution in [0, 0.1) is 5.82 Å². The van der Waals surface area contributed by atoms with Crippen LogP contribution in [0.1, 0.15) is 0 Å². The van der Waals surface area contributed by atoms with E-state index in [0.717, 1.165) is 6.07 Å². The van der Waals surface area contributed by atoms with E-state index in [0.29, 0.717) is 4.47 Å². The Morgan fingerprint density at radius 1 is 1.16 bits per heavy atom. The van der Waals surface area contributed by atoms with Gasteiger partial charge in [0.05, 0.1) is 10.7 Å². The van der Waals surface area contributed by atoms with E-state index in [1.165, 1.54) is 30.3 Å². The molecule has 0 radical (unpaired) electrons. The standard InChI is InChI=1S/C12H8BrClFNO2S/c13-8-4-5-12(11(14)6-8)19(17,18)16-10-3-1-2-9(15)7-10/h1-7,16H. The minimum Gasteiger partial charge on any atom is -0.279 e. The Bertz CT molecular complexity index is 721. The zero-order valence-electron chi connectivity index (χ0n) is 9.40. The van der Waals surface area contributed by atoms with Crippen molar-refractivity contribution in [3.05, 3.63) is 57.8 Å². The van der Waals surface area contributed by atoms with E-state index < -0.39 is 15.8 Å². The maximum atomic E-state index is 13.0. The van der Waals surface area contributed by atoms with Crippen molar-refractivity contribution in [3.63, 3.8) is 0 Å². The average molecular weight is 365 g/mol. The maximum absolute atomic E-state index is 13.0. The minimum atomic E-state index is -3.85. The van der Waals surface area contributed by atoms with Gasteiger partial charge in [-0.05, 0) is 36.4 Å². The summed E-state index contributed by atoms with van der Waals surface area (Å²) < 4.78 is 40.2. The van der Waals surface area contributed by atoms with Gasteiger partial charge in [0.2, 0.25) is 0 Å². The lowest BCUT2D eigenvalue weighted by Crippen LogP contribution is -2.13. The molecule has 0 unspecified atom stereocenters. The van der Waals surface area contributed by atoms with Crippen LogP contribution in [0.25, 0.3) is 0 Å². The third-order valence-electron chi connectivity index (χ3n) is 2.26. The highest BCUT2D eigenvalue weighted by Gasteiger charge is 2.18. The van der Waals surface area contributed by atoms with Crippen molar-refractivity contribution in [2.45, 2.75) is 4.90 Å². The molecule has 0 saturated carbocycles. The van der Waals surface area contributed by atoms with Crippen LogP contribution in [-0.2, 0) is 10.0 Å². The predicted octanol–water partition coefficient (Wildman–Crippen LogP) is 4.04. The lowest BCUT2D eigenvalue weighted by Gasteiger charge is -2.09. The quantitative estimate of drug-likeness (QED) is 0.893. The third-order valence-corrected chi connectivity index (χ3v) is 4.62. The number of hydrogen-bond donors (Lipinski definition) is 1. The number of sulfonamides is 1. The number of anilines is 1. The summed E-state index contributed by atoms with van der Waals surface area (Å²) in [5.41, 5.74) is 0.138. The molecule has 0 fully saturated rings. The predicted molar refractivity (Wildman–Crippen MR) is 76.4 cm³/mol. The van der Waals surface area contributed by atoms with Gasteiger partial charge in [-0.15, -0.1) is 0 Å². The molecule has 19 heavy (non-hydrogen) atoms. The first-order valence-electron chi connectivity index (χ1n) is 5.12. The third kappa shape index (κ3) is 3.46. The molecular weight excluding hydrogens is 357 g/mol. The molecule has 2 aromatic carbocycles. The van der Waals surface area contributed by atoms with Crippen LogP contribution in [0.5, 0.6) is 0 Å². The molecule has 0 heterocycles. The molecule has 2 aromatic rings. The van der Waals surface area contributed by atoms with E-state index in [1.807, 2.05) is 0 Å². The van der Waals surface area contributed by atoms with Crippen LogP contribution >= 0.6 is 27.5 Å². The molecule has 0 aromatic heterocycles. The first-order valence-corrected chi connectivity index (χ1v) is 7.77. The van der Waals surface area contributed by atoms with E-state index in [9.17, 15) is 12.8 Å². The Labute approximate surface area is 123 Å². The molecule has 0 aliphatic carbocycles. The summed E-state index contributed by atoms with van der Waals surface area (Å²) in [6.45, 7) is 0. The highest BCUT2D eigenvalue weighted by atomic mass is 79.9. The van der Waals surface area contributed by atoms with Crippen LogP contribution < -0.4 is 4.72 Å². The maximum Gasteiger partial charge on any atom is 0.263 e. The summed E-state index contributed by atoms with van der Waals surface area (Å²) in [6.07, 6.45) is 0. The molecular formula is C12H8BrClFNO2S. The van der Waals surface area contributed by atoms with E-state index in [-0.39, 0.29) is 15.6 Å². The molecule has 7 heteroatoms. The Hall–Kier alpha value is -1.11. The second-order valence-electron chi connectivity index (χ2n) is 3.69. The van der Waals surface area contributed by atoms with Gasteiger partial charge in [-0.1, -0.05) is 33.6 Å². The van der Waals surface area contributed by atoms with Crippen LogP contribution in [0.2, 0.25) is 5.02 Å². The first-order chi connectivity index (χ1) is 8.88. The molecule has 0 amide bonds. The van der Waals surface area contributed by atoms with Crippen LogP contribution in [0.4, 0.5) is 10.1 Å². The van der Waals surface area contributed by atoms with Crippen molar-refractivity contribution in [1.82, 2.24) is 0 Å². The molecule has 0 aliphatic heterocycles. The van der Waals surface area contributed by atoms with Gasteiger partial charge >= 0.3 is 0 Å². The number of hydrogen-bond acceptors (Lipinski definition) is 2. The summed E-state index contributed by atoms with van der Waals surface area (Å²) in [5, 5.41) is 0.0817. The van der Waals surface area contributed by atoms with Gasteiger partial charge in [-0.25, -0.2) is 12.8 Å². The molecule has 3 nitrogen and oxygen atoms in total. The second-order valence-corrected chi connectivity index (χ2v) is 6.66. The van der Waals surface area contributed by atoms with Gasteiger partial charge in [0.25, 0.3) is 10.0 Å². The molecule has 2 rings (SSSR count). The van der Waals surface area contributed by atoms with Crippen molar-refractivity contribution >= 4 is 43.2 Å². The van der Waals surface area contributed by atoms with E-state index in [1.54, 1.807) is 6.07 Å². The Kier molecular flexibility index (Phi) is 4.13. The molecule has 0 spiro atoms. The van der Waals surface area contributed by atoms with E-state index in [4.69, 9.17) is 11.6 Å². The smallest absolute Gasteiger partial charge is 0.263 e. The SMILES string of the molecule is O=S(=O)(Nc1cccc(F)c1)c1ccc(Br)cc1Cl.